The summed E-state index contributed by atoms with van der Waals surface area (Å²) in [6.45, 7) is 2.13. The van der Waals surface area contributed by atoms with Crippen LogP contribution in [-0.2, 0) is 4.79 Å². The molecule has 0 saturated carbocycles. The smallest absolute Gasteiger partial charge is 0.414 e. The minimum Gasteiger partial charge on any atom is -0.484 e. The molecular weight excluding hydrogens is 311 g/mol. The van der Waals surface area contributed by atoms with Crippen molar-refractivity contribution in [1.82, 2.24) is 4.90 Å². The number of aryl methyl sites for hydroxylation is 1. The summed E-state index contributed by atoms with van der Waals surface area (Å²) in [5.74, 6) is -0.493. The molecule has 0 aliphatic carbocycles. The van der Waals surface area contributed by atoms with Crippen molar-refractivity contribution in [2.75, 3.05) is 19.7 Å². The van der Waals surface area contributed by atoms with E-state index in [1.807, 2.05) is 19.1 Å². The van der Waals surface area contributed by atoms with Crippen LogP contribution in [0.5, 0.6) is 5.75 Å². The van der Waals surface area contributed by atoms with Crippen LogP contribution in [0.3, 0.4) is 0 Å². The second kappa shape index (κ2) is 7.21. The molecule has 0 aromatic heterocycles. The number of alkyl halides is 3. The molecule has 1 unspecified atom stereocenters. The number of carbonyl (C=O) groups excluding carboxylic acids is 1. The molecule has 23 heavy (non-hydrogen) atoms. The standard InChI is InChI=1S/C16H20F3NO3/c1-11-4-2-3-5-13(11)23-10-14(21)20-8-6-12(7-9-20)15(22)16(17,18)19/h2-5,12,15,22H,6-10H2,1H3. The predicted octanol–water partition coefficient (Wildman–Crippen LogP) is 2.54. The van der Waals surface area contributed by atoms with Crippen molar-refractivity contribution in [3.8, 4) is 5.75 Å². The number of para-hydroxylation sites is 1. The first-order valence-corrected chi connectivity index (χ1v) is 7.50. The van der Waals surface area contributed by atoms with Gasteiger partial charge in [-0.2, -0.15) is 13.2 Å². The van der Waals surface area contributed by atoms with Gasteiger partial charge in [-0.1, -0.05) is 18.2 Å². The lowest BCUT2D eigenvalue weighted by atomic mass is 9.91. The average molecular weight is 331 g/mol. The summed E-state index contributed by atoms with van der Waals surface area (Å²) in [5, 5.41) is 9.26. The van der Waals surface area contributed by atoms with E-state index in [0.29, 0.717) is 5.75 Å². The van der Waals surface area contributed by atoms with Crippen LogP contribution in [0.4, 0.5) is 13.2 Å². The van der Waals surface area contributed by atoms with Gasteiger partial charge in [0.05, 0.1) is 0 Å². The summed E-state index contributed by atoms with van der Waals surface area (Å²) in [7, 11) is 0. The lowest BCUT2D eigenvalue weighted by Crippen LogP contribution is -2.46. The molecule has 1 aromatic rings. The quantitative estimate of drug-likeness (QED) is 0.922. The molecule has 1 amide bonds. The van der Waals surface area contributed by atoms with Gasteiger partial charge >= 0.3 is 6.18 Å². The summed E-state index contributed by atoms with van der Waals surface area (Å²) in [4.78, 5) is 13.6. The molecule has 1 atom stereocenters. The fourth-order valence-electron chi connectivity index (χ4n) is 2.68. The topological polar surface area (TPSA) is 49.8 Å². The first kappa shape index (κ1) is 17.6. The normalized spacial score (nSPS) is 17.9. The summed E-state index contributed by atoms with van der Waals surface area (Å²) < 4.78 is 42.9. The number of halogens is 3. The summed E-state index contributed by atoms with van der Waals surface area (Å²) in [6.07, 6.45) is -6.65. The largest absolute Gasteiger partial charge is 0.484 e. The molecule has 1 aromatic carbocycles. The third-order valence-corrected chi connectivity index (χ3v) is 4.12. The Labute approximate surface area is 132 Å². The Hall–Kier alpha value is -1.76. The molecule has 128 valence electrons. The average Bonchev–Trinajstić information content (AvgIpc) is 2.52. The van der Waals surface area contributed by atoms with Crippen molar-refractivity contribution in [2.24, 2.45) is 5.92 Å². The van der Waals surface area contributed by atoms with Crippen LogP contribution in [0.2, 0.25) is 0 Å². The third-order valence-electron chi connectivity index (χ3n) is 4.12. The summed E-state index contributed by atoms with van der Waals surface area (Å²) in [6, 6.07) is 7.29. The molecule has 4 nitrogen and oxygen atoms in total. The van der Waals surface area contributed by atoms with E-state index in [0.717, 1.165) is 5.56 Å². The van der Waals surface area contributed by atoms with Gasteiger partial charge in [0.15, 0.2) is 12.7 Å². The highest BCUT2D eigenvalue weighted by atomic mass is 19.4. The number of amides is 1. The number of hydrogen-bond donors (Lipinski definition) is 1. The number of likely N-dealkylation sites (tertiary alicyclic amines) is 1. The molecular formula is C16H20F3NO3. The molecule has 1 fully saturated rings. The highest BCUT2D eigenvalue weighted by molar-refractivity contribution is 5.77. The Morgan fingerprint density at radius 3 is 2.52 bits per heavy atom. The van der Waals surface area contributed by atoms with Gasteiger partial charge in [-0.25, -0.2) is 0 Å². The zero-order valence-electron chi connectivity index (χ0n) is 12.8. The Morgan fingerprint density at radius 2 is 1.96 bits per heavy atom. The minimum absolute atomic E-state index is 0.136. The van der Waals surface area contributed by atoms with Gasteiger partial charge in [0.25, 0.3) is 5.91 Å². The molecule has 0 spiro atoms. The number of rotatable bonds is 4. The zero-order valence-corrected chi connectivity index (χ0v) is 12.8. The maximum Gasteiger partial charge on any atom is 0.414 e. The molecule has 1 aliphatic rings. The van der Waals surface area contributed by atoms with E-state index < -0.39 is 18.2 Å². The highest BCUT2D eigenvalue weighted by Gasteiger charge is 2.44. The fourth-order valence-corrected chi connectivity index (χ4v) is 2.68. The summed E-state index contributed by atoms with van der Waals surface area (Å²) in [5.41, 5.74) is 0.910. The van der Waals surface area contributed by atoms with Gasteiger partial charge in [-0.15, -0.1) is 0 Å². The van der Waals surface area contributed by atoms with Crippen molar-refractivity contribution in [2.45, 2.75) is 32.0 Å². The fraction of sp³-hybridized carbons (Fsp3) is 0.562. The molecule has 0 radical (unpaired) electrons. The van der Waals surface area contributed by atoms with Crippen molar-refractivity contribution in [3.05, 3.63) is 29.8 Å². The Kier molecular flexibility index (Phi) is 5.51. The SMILES string of the molecule is Cc1ccccc1OCC(=O)N1CCC(C(O)C(F)(F)F)CC1. The number of aliphatic hydroxyl groups is 1. The maximum atomic E-state index is 12.5. The molecule has 1 N–H and O–H groups in total. The summed E-state index contributed by atoms with van der Waals surface area (Å²) >= 11 is 0. The van der Waals surface area contributed by atoms with Gasteiger partial charge in [-0.3, -0.25) is 4.79 Å². The number of ether oxygens (including phenoxy) is 1. The monoisotopic (exact) mass is 331 g/mol. The van der Waals surface area contributed by atoms with Crippen LogP contribution < -0.4 is 4.74 Å². The number of hydrogen-bond acceptors (Lipinski definition) is 3. The van der Waals surface area contributed by atoms with Crippen LogP contribution in [0.25, 0.3) is 0 Å². The van der Waals surface area contributed by atoms with Gasteiger partial charge in [-0.05, 0) is 37.3 Å². The minimum atomic E-state index is -4.61. The van der Waals surface area contributed by atoms with Crippen LogP contribution >= 0.6 is 0 Å². The molecule has 2 rings (SSSR count). The molecule has 1 saturated heterocycles. The number of benzene rings is 1. The number of piperidine rings is 1. The zero-order chi connectivity index (χ0) is 17.0. The number of aliphatic hydroxyl groups excluding tert-OH is 1. The van der Waals surface area contributed by atoms with E-state index in [2.05, 4.69) is 0 Å². The lowest BCUT2D eigenvalue weighted by molar-refractivity contribution is -0.223. The van der Waals surface area contributed by atoms with Crippen molar-refractivity contribution < 1.29 is 27.8 Å². The van der Waals surface area contributed by atoms with Gasteiger partial charge in [0.1, 0.15) is 5.75 Å². The van der Waals surface area contributed by atoms with Crippen molar-refractivity contribution in [1.29, 1.82) is 0 Å². The van der Waals surface area contributed by atoms with Crippen molar-refractivity contribution in [3.63, 3.8) is 0 Å². The molecule has 1 heterocycles. The van der Waals surface area contributed by atoms with E-state index >= 15 is 0 Å². The van der Waals surface area contributed by atoms with E-state index in [9.17, 15) is 23.1 Å². The van der Waals surface area contributed by atoms with Crippen LogP contribution in [0.1, 0.15) is 18.4 Å². The van der Waals surface area contributed by atoms with Crippen molar-refractivity contribution >= 4 is 5.91 Å². The van der Waals surface area contributed by atoms with Gasteiger partial charge in [0, 0.05) is 13.1 Å². The van der Waals surface area contributed by atoms with Gasteiger partial charge in [0.2, 0.25) is 0 Å². The highest BCUT2D eigenvalue weighted by Crippen LogP contribution is 2.31. The molecule has 7 heteroatoms. The van der Waals surface area contributed by atoms with Crippen LogP contribution in [0, 0.1) is 12.8 Å². The Bertz CT molecular complexity index is 540. The van der Waals surface area contributed by atoms with E-state index in [1.54, 1.807) is 12.1 Å². The van der Waals surface area contributed by atoms with Crippen LogP contribution in [-0.4, -0.2) is 47.9 Å². The molecule has 1 aliphatic heterocycles. The predicted molar refractivity (Wildman–Crippen MR) is 78.0 cm³/mol. The second-order valence-corrected chi connectivity index (χ2v) is 5.76. The van der Waals surface area contributed by atoms with Gasteiger partial charge < -0.3 is 14.7 Å². The number of carbonyl (C=O) groups is 1. The van der Waals surface area contributed by atoms with Crippen LogP contribution in [0.15, 0.2) is 24.3 Å². The Balaban J connectivity index is 1.81. The number of nitrogens with zero attached hydrogens (tertiary/aromatic N) is 1. The molecule has 0 bridgehead atoms. The third kappa shape index (κ3) is 4.60. The van der Waals surface area contributed by atoms with E-state index in [1.165, 1.54) is 4.90 Å². The maximum absolute atomic E-state index is 12.5. The second-order valence-electron chi connectivity index (χ2n) is 5.76. The lowest BCUT2D eigenvalue weighted by Gasteiger charge is -2.34. The van der Waals surface area contributed by atoms with E-state index in [4.69, 9.17) is 4.74 Å². The van der Waals surface area contributed by atoms with E-state index in [-0.39, 0.29) is 38.4 Å². The first-order chi connectivity index (χ1) is 10.8. The Morgan fingerprint density at radius 1 is 1.35 bits per heavy atom. The first-order valence-electron chi connectivity index (χ1n) is 7.50.